The third kappa shape index (κ3) is 4.63. The quantitative estimate of drug-likeness (QED) is 0.711. The van der Waals surface area contributed by atoms with Crippen LogP contribution in [0.25, 0.3) is 0 Å². The summed E-state index contributed by atoms with van der Waals surface area (Å²) in [7, 11) is -0.548. The Morgan fingerprint density at radius 3 is 2.50 bits per heavy atom. The van der Waals surface area contributed by atoms with E-state index in [0.717, 1.165) is 0 Å². The van der Waals surface area contributed by atoms with Gasteiger partial charge in [0.05, 0.1) is 12.8 Å². The van der Waals surface area contributed by atoms with Crippen molar-refractivity contribution in [2.45, 2.75) is 45.4 Å². The number of anilines is 1. The molecule has 1 atom stereocenters. The second kappa shape index (κ2) is 7.90. The molecule has 0 saturated carbocycles. The molecule has 1 heterocycles. The van der Waals surface area contributed by atoms with Crippen molar-refractivity contribution >= 4 is 31.8 Å². The highest BCUT2D eigenvalue weighted by atomic mass is 28.4. The number of nitrogens with zero attached hydrogens (tertiary/aromatic N) is 2. The zero-order valence-corrected chi connectivity index (χ0v) is 16.9. The zero-order chi connectivity index (χ0) is 19.5. The lowest BCUT2D eigenvalue weighted by molar-refractivity contribution is -0.144. The van der Waals surface area contributed by atoms with E-state index in [0.29, 0.717) is 17.9 Å². The van der Waals surface area contributed by atoms with E-state index in [4.69, 9.17) is 9.16 Å². The molecule has 2 amide bonds. The van der Waals surface area contributed by atoms with Crippen LogP contribution in [0, 0.1) is 0 Å². The molecule has 1 aromatic rings. The van der Waals surface area contributed by atoms with Crippen LogP contribution in [0.2, 0.25) is 19.6 Å². The third-order valence-corrected chi connectivity index (χ3v) is 4.87. The number of ether oxygens (including phenoxy) is 1. The van der Waals surface area contributed by atoms with Crippen LogP contribution >= 0.6 is 0 Å². The molecule has 26 heavy (non-hydrogen) atoms. The molecular formula is C18H26N2O5Si. The third-order valence-electron chi connectivity index (χ3n) is 4.06. The summed E-state index contributed by atoms with van der Waals surface area (Å²) in [6.45, 7) is 7.16. The number of carbonyl (C=O) groups excluding carboxylic acids is 3. The fraction of sp³-hybridized carbons (Fsp3) is 0.500. The topological polar surface area (TPSA) is 76.2 Å². The molecule has 1 fully saturated rings. The summed E-state index contributed by atoms with van der Waals surface area (Å²) in [4.78, 5) is 40.0. The second-order valence-electron chi connectivity index (χ2n) is 7.21. The Morgan fingerprint density at radius 1 is 1.27 bits per heavy atom. The van der Waals surface area contributed by atoms with Gasteiger partial charge >= 0.3 is 5.97 Å². The molecule has 1 saturated heterocycles. The standard InChI is InChI=1S/C18H26N2O5Si/c1-13(21)19(14-8-6-7-9-16(14)24-2)12-20-15(10-11-17(20)22)18(23)25-26(3,4)5/h6-9,15H,10-12H2,1-5H3. The summed E-state index contributed by atoms with van der Waals surface area (Å²) in [5.74, 6) is -0.274. The van der Waals surface area contributed by atoms with Crippen molar-refractivity contribution in [2.24, 2.45) is 0 Å². The highest BCUT2D eigenvalue weighted by molar-refractivity contribution is 6.71. The molecule has 2 rings (SSSR count). The minimum absolute atomic E-state index is 0.0139. The van der Waals surface area contributed by atoms with Gasteiger partial charge in [-0.25, -0.2) is 0 Å². The Labute approximate surface area is 155 Å². The molecule has 0 bridgehead atoms. The van der Waals surface area contributed by atoms with Crippen LogP contribution in [-0.2, 0) is 18.8 Å². The van der Waals surface area contributed by atoms with Crippen LogP contribution in [0.5, 0.6) is 5.75 Å². The van der Waals surface area contributed by atoms with Crippen LogP contribution in [0.15, 0.2) is 24.3 Å². The van der Waals surface area contributed by atoms with Gasteiger partial charge in [-0.2, -0.15) is 0 Å². The Morgan fingerprint density at radius 2 is 1.92 bits per heavy atom. The van der Waals surface area contributed by atoms with Gasteiger partial charge in [-0.05, 0) is 38.2 Å². The highest BCUT2D eigenvalue weighted by Gasteiger charge is 2.40. The maximum atomic E-state index is 12.5. The summed E-state index contributed by atoms with van der Waals surface area (Å²) in [5, 5.41) is 0. The average Bonchev–Trinajstić information content (AvgIpc) is 2.91. The van der Waals surface area contributed by atoms with Crippen molar-refractivity contribution in [3.63, 3.8) is 0 Å². The summed E-state index contributed by atoms with van der Waals surface area (Å²) >= 11 is 0. The minimum Gasteiger partial charge on any atom is -0.518 e. The molecule has 0 radical (unpaired) electrons. The van der Waals surface area contributed by atoms with E-state index in [-0.39, 0.29) is 24.9 Å². The molecule has 0 aliphatic carbocycles. The Hall–Kier alpha value is -2.35. The number of carbonyl (C=O) groups is 3. The van der Waals surface area contributed by atoms with E-state index in [9.17, 15) is 14.4 Å². The number of amides is 2. The first kappa shape index (κ1) is 20.0. The van der Waals surface area contributed by atoms with Crippen LogP contribution in [0.3, 0.4) is 0 Å². The molecule has 1 aliphatic heterocycles. The van der Waals surface area contributed by atoms with E-state index < -0.39 is 20.3 Å². The first-order valence-electron chi connectivity index (χ1n) is 8.57. The lowest BCUT2D eigenvalue weighted by atomic mass is 10.2. The van der Waals surface area contributed by atoms with Crippen molar-refractivity contribution < 1.29 is 23.5 Å². The first-order chi connectivity index (χ1) is 12.1. The molecule has 0 N–H and O–H groups in total. The Kier molecular flexibility index (Phi) is 6.07. The number of likely N-dealkylation sites (tertiary alicyclic amines) is 1. The number of rotatable bonds is 6. The maximum Gasteiger partial charge on any atom is 0.315 e. The molecule has 8 heteroatoms. The van der Waals surface area contributed by atoms with Gasteiger partial charge in [-0.3, -0.25) is 19.3 Å². The van der Waals surface area contributed by atoms with E-state index in [1.54, 1.807) is 24.3 Å². The van der Waals surface area contributed by atoms with E-state index in [2.05, 4.69) is 0 Å². The summed E-state index contributed by atoms with van der Waals surface area (Å²) < 4.78 is 10.9. The molecule has 142 valence electrons. The predicted molar refractivity (Wildman–Crippen MR) is 100 cm³/mol. The average molecular weight is 379 g/mol. The molecular weight excluding hydrogens is 352 g/mol. The smallest absolute Gasteiger partial charge is 0.315 e. The predicted octanol–water partition coefficient (Wildman–Crippen LogP) is 2.37. The number of hydrogen-bond acceptors (Lipinski definition) is 5. The number of hydrogen-bond donors (Lipinski definition) is 0. The van der Waals surface area contributed by atoms with E-state index >= 15 is 0 Å². The number of methoxy groups -OCH3 is 1. The van der Waals surface area contributed by atoms with Gasteiger partial charge in [0.25, 0.3) is 0 Å². The SMILES string of the molecule is COc1ccccc1N(CN1C(=O)CCC1C(=O)O[Si](C)(C)C)C(C)=O. The van der Waals surface area contributed by atoms with Crippen molar-refractivity contribution in [3.05, 3.63) is 24.3 Å². The highest BCUT2D eigenvalue weighted by Crippen LogP contribution is 2.30. The lowest BCUT2D eigenvalue weighted by Gasteiger charge is -2.32. The fourth-order valence-electron chi connectivity index (χ4n) is 2.88. The molecule has 0 aromatic heterocycles. The van der Waals surface area contributed by atoms with Crippen LogP contribution < -0.4 is 9.64 Å². The van der Waals surface area contributed by atoms with Crippen molar-refractivity contribution in [1.82, 2.24) is 4.90 Å². The second-order valence-corrected chi connectivity index (χ2v) is 11.6. The van der Waals surface area contributed by atoms with Gasteiger partial charge in [-0.1, -0.05) is 12.1 Å². The van der Waals surface area contributed by atoms with Gasteiger partial charge < -0.3 is 14.1 Å². The summed E-state index contributed by atoms with van der Waals surface area (Å²) in [6, 6.07) is 6.42. The number of benzene rings is 1. The first-order valence-corrected chi connectivity index (χ1v) is 12.0. The van der Waals surface area contributed by atoms with Crippen molar-refractivity contribution in [3.8, 4) is 5.75 Å². The summed E-state index contributed by atoms with van der Waals surface area (Å²) in [6.07, 6.45) is 0.670. The van der Waals surface area contributed by atoms with E-state index in [1.807, 2.05) is 19.6 Å². The Balaban J connectivity index is 2.27. The normalized spacial score (nSPS) is 17.2. The molecule has 1 unspecified atom stereocenters. The largest absolute Gasteiger partial charge is 0.518 e. The van der Waals surface area contributed by atoms with Crippen LogP contribution in [0.4, 0.5) is 5.69 Å². The van der Waals surface area contributed by atoms with Gasteiger partial charge in [0.2, 0.25) is 20.1 Å². The van der Waals surface area contributed by atoms with Gasteiger partial charge in [0.15, 0.2) is 0 Å². The van der Waals surface area contributed by atoms with Crippen LogP contribution in [0.1, 0.15) is 19.8 Å². The molecule has 0 spiro atoms. The Bertz CT molecular complexity index is 701. The van der Waals surface area contributed by atoms with Crippen molar-refractivity contribution in [2.75, 3.05) is 18.7 Å². The monoisotopic (exact) mass is 378 g/mol. The molecule has 1 aliphatic rings. The summed E-state index contributed by atoms with van der Waals surface area (Å²) in [5.41, 5.74) is 0.555. The number of para-hydroxylation sites is 2. The molecule has 1 aromatic carbocycles. The van der Waals surface area contributed by atoms with Crippen molar-refractivity contribution in [1.29, 1.82) is 0 Å². The fourth-order valence-corrected chi connectivity index (χ4v) is 3.62. The zero-order valence-electron chi connectivity index (χ0n) is 15.9. The molecule has 7 nitrogen and oxygen atoms in total. The minimum atomic E-state index is -2.07. The lowest BCUT2D eigenvalue weighted by Crippen LogP contribution is -2.49. The van der Waals surface area contributed by atoms with Gasteiger partial charge in [0.1, 0.15) is 18.5 Å². The van der Waals surface area contributed by atoms with Gasteiger partial charge in [0, 0.05) is 13.3 Å². The van der Waals surface area contributed by atoms with Crippen LogP contribution in [-0.4, -0.2) is 50.8 Å². The van der Waals surface area contributed by atoms with Gasteiger partial charge in [-0.15, -0.1) is 0 Å². The van der Waals surface area contributed by atoms with E-state index in [1.165, 1.54) is 23.8 Å². The maximum absolute atomic E-state index is 12.5.